The number of esters is 1. The summed E-state index contributed by atoms with van der Waals surface area (Å²) in [6, 6.07) is 9.05. The second kappa shape index (κ2) is 5.98. The number of hydrogen-bond donors (Lipinski definition) is 0. The summed E-state index contributed by atoms with van der Waals surface area (Å²) in [5.74, 6) is -0.276. The van der Waals surface area contributed by atoms with Crippen LogP contribution in [-0.4, -0.2) is 42.9 Å². The number of nitrogens with zero attached hydrogens (tertiary/aromatic N) is 1. The second-order valence-corrected chi connectivity index (χ2v) is 4.72. The zero-order valence-corrected chi connectivity index (χ0v) is 10.8. The largest absolute Gasteiger partial charge is 0.446 e. The molecule has 0 aromatic heterocycles. The predicted molar refractivity (Wildman–Crippen MR) is 68.3 cm³/mol. The minimum atomic E-state index is -0.276. The molecule has 1 fully saturated rings. The van der Waals surface area contributed by atoms with E-state index < -0.39 is 0 Å². The van der Waals surface area contributed by atoms with Crippen LogP contribution in [0.5, 0.6) is 0 Å². The van der Waals surface area contributed by atoms with E-state index >= 15 is 0 Å². The van der Waals surface area contributed by atoms with Crippen LogP contribution >= 0.6 is 0 Å². The Hall–Kier alpha value is -1.39. The van der Waals surface area contributed by atoms with Crippen molar-refractivity contribution in [3.63, 3.8) is 0 Å². The van der Waals surface area contributed by atoms with Gasteiger partial charge in [-0.3, -0.25) is 4.90 Å². The minimum absolute atomic E-state index is 0.184. The lowest BCUT2D eigenvalue weighted by Crippen LogP contribution is -2.46. The Morgan fingerprint density at radius 3 is 2.50 bits per heavy atom. The van der Waals surface area contributed by atoms with Gasteiger partial charge in [-0.05, 0) is 26.0 Å². The topological polar surface area (TPSA) is 38.8 Å². The van der Waals surface area contributed by atoms with E-state index in [0.717, 1.165) is 13.1 Å². The fraction of sp³-hybridized carbons (Fsp3) is 0.500. The lowest BCUT2D eigenvalue weighted by molar-refractivity contribution is -0.0915. The SMILES string of the molecule is C[C@@H]1CN(COC(=O)c2ccccc2)C[C@H](C)O1. The van der Waals surface area contributed by atoms with Gasteiger partial charge in [0, 0.05) is 13.1 Å². The maximum Gasteiger partial charge on any atom is 0.339 e. The summed E-state index contributed by atoms with van der Waals surface area (Å²) in [5, 5.41) is 0. The van der Waals surface area contributed by atoms with Gasteiger partial charge in [0.25, 0.3) is 0 Å². The summed E-state index contributed by atoms with van der Waals surface area (Å²) >= 11 is 0. The van der Waals surface area contributed by atoms with Gasteiger partial charge < -0.3 is 9.47 Å². The Morgan fingerprint density at radius 2 is 1.89 bits per heavy atom. The van der Waals surface area contributed by atoms with E-state index in [-0.39, 0.29) is 18.2 Å². The second-order valence-electron chi connectivity index (χ2n) is 4.72. The molecule has 4 nitrogen and oxygen atoms in total. The van der Waals surface area contributed by atoms with Crippen LogP contribution in [0.1, 0.15) is 24.2 Å². The van der Waals surface area contributed by atoms with Gasteiger partial charge in [-0.25, -0.2) is 4.79 Å². The van der Waals surface area contributed by atoms with E-state index in [1.165, 1.54) is 0 Å². The number of ether oxygens (including phenoxy) is 2. The lowest BCUT2D eigenvalue weighted by atomic mass is 10.2. The summed E-state index contributed by atoms with van der Waals surface area (Å²) in [5.41, 5.74) is 0.590. The third-order valence-electron chi connectivity index (χ3n) is 2.88. The molecule has 2 atom stereocenters. The van der Waals surface area contributed by atoms with E-state index in [1.54, 1.807) is 12.1 Å². The van der Waals surface area contributed by atoms with Crippen LogP contribution in [0.3, 0.4) is 0 Å². The van der Waals surface area contributed by atoms with Crippen molar-refractivity contribution in [2.45, 2.75) is 26.1 Å². The van der Waals surface area contributed by atoms with E-state index in [0.29, 0.717) is 12.3 Å². The molecule has 1 aromatic carbocycles. The van der Waals surface area contributed by atoms with Crippen molar-refractivity contribution < 1.29 is 14.3 Å². The first-order valence-electron chi connectivity index (χ1n) is 6.25. The molecule has 1 aliphatic heterocycles. The molecule has 0 radical (unpaired) electrons. The average molecular weight is 249 g/mol. The predicted octanol–water partition coefficient (Wildman–Crippen LogP) is 1.91. The van der Waals surface area contributed by atoms with E-state index in [9.17, 15) is 4.79 Å². The first kappa shape index (κ1) is 13.1. The van der Waals surface area contributed by atoms with Gasteiger partial charge in [-0.2, -0.15) is 0 Å². The number of carbonyl (C=O) groups is 1. The molecule has 0 N–H and O–H groups in total. The van der Waals surface area contributed by atoms with Crippen LogP contribution in [0.15, 0.2) is 30.3 Å². The number of benzene rings is 1. The highest BCUT2D eigenvalue weighted by Gasteiger charge is 2.22. The van der Waals surface area contributed by atoms with Crippen LogP contribution in [0, 0.1) is 0 Å². The van der Waals surface area contributed by atoms with Crippen molar-refractivity contribution in [2.24, 2.45) is 0 Å². The molecule has 0 aliphatic carbocycles. The van der Waals surface area contributed by atoms with Crippen LogP contribution < -0.4 is 0 Å². The normalized spacial score (nSPS) is 24.8. The van der Waals surface area contributed by atoms with Crippen LogP contribution in [0.2, 0.25) is 0 Å². The molecule has 98 valence electrons. The molecule has 4 heteroatoms. The number of hydrogen-bond acceptors (Lipinski definition) is 4. The van der Waals surface area contributed by atoms with E-state index in [2.05, 4.69) is 4.90 Å². The fourth-order valence-corrected chi connectivity index (χ4v) is 2.20. The first-order valence-corrected chi connectivity index (χ1v) is 6.25. The highest BCUT2D eigenvalue weighted by molar-refractivity contribution is 5.89. The van der Waals surface area contributed by atoms with Crippen molar-refractivity contribution in [1.29, 1.82) is 0 Å². The van der Waals surface area contributed by atoms with Gasteiger partial charge in [0.15, 0.2) is 0 Å². The molecule has 0 bridgehead atoms. The van der Waals surface area contributed by atoms with Crippen LogP contribution in [0.4, 0.5) is 0 Å². The van der Waals surface area contributed by atoms with Gasteiger partial charge >= 0.3 is 5.97 Å². The van der Waals surface area contributed by atoms with Gasteiger partial charge in [-0.15, -0.1) is 0 Å². The van der Waals surface area contributed by atoms with Crippen molar-refractivity contribution >= 4 is 5.97 Å². The molecule has 1 saturated heterocycles. The van der Waals surface area contributed by atoms with Crippen molar-refractivity contribution in [1.82, 2.24) is 4.90 Å². The molecular weight excluding hydrogens is 230 g/mol. The maximum atomic E-state index is 11.8. The standard InChI is InChI=1S/C14H19NO3/c1-11-8-15(9-12(2)18-11)10-17-14(16)13-6-4-3-5-7-13/h3-7,11-12H,8-10H2,1-2H3/t11-,12+. The first-order chi connectivity index (χ1) is 8.65. The van der Waals surface area contributed by atoms with Crippen molar-refractivity contribution in [3.8, 4) is 0 Å². The maximum absolute atomic E-state index is 11.8. The molecule has 18 heavy (non-hydrogen) atoms. The fourth-order valence-electron chi connectivity index (χ4n) is 2.20. The Morgan fingerprint density at radius 1 is 1.28 bits per heavy atom. The minimum Gasteiger partial charge on any atom is -0.446 e. The van der Waals surface area contributed by atoms with Gasteiger partial charge in [0.05, 0.1) is 17.8 Å². The Kier molecular flexibility index (Phi) is 4.33. The third kappa shape index (κ3) is 3.55. The Bertz CT molecular complexity index is 383. The average Bonchev–Trinajstić information content (AvgIpc) is 2.36. The monoisotopic (exact) mass is 249 g/mol. The highest BCUT2D eigenvalue weighted by Crippen LogP contribution is 2.11. The van der Waals surface area contributed by atoms with Crippen LogP contribution in [-0.2, 0) is 9.47 Å². The molecule has 1 aliphatic rings. The van der Waals surface area contributed by atoms with Gasteiger partial charge in [-0.1, -0.05) is 18.2 Å². The summed E-state index contributed by atoms with van der Waals surface area (Å²) in [6.45, 7) is 5.98. The summed E-state index contributed by atoms with van der Waals surface area (Å²) < 4.78 is 10.9. The van der Waals surface area contributed by atoms with E-state index in [1.807, 2.05) is 32.0 Å². The quantitative estimate of drug-likeness (QED) is 0.767. The van der Waals surface area contributed by atoms with E-state index in [4.69, 9.17) is 9.47 Å². The summed E-state index contributed by atoms with van der Waals surface area (Å²) in [6.07, 6.45) is 0.369. The molecule has 2 rings (SSSR count). The van der Waals surface area contributed by atoms with Gasteiger partial charge in [0.2, 0.25) is 0 Å². The smallest absolute Gasteiger partial charge is 0.339 e. The van der Waals surface area contributed by atoms with Crippen molar-refractivity contribution in [3.05, 3.63) is 35.9 Å². The van der Waals surface area contributed by atoms with Crippen molar-refractivity contribution in [2.75, 3.05) is 19.8 Å². The highest BCUT2D eigenvalue weighted by atomic mass is 16.5. The molecular formula is C14H19NO3. The third-order valence-corrected chi connectivity index (χ3v) is 2.88. The van der Waals surface area contributed by atoms with Gasteiger partial charge in [0.1, 0.15) is 6.73 Å². The molecule has 0 saturated carbocycles. The Labute approximate surface area is 107 Å². The molecule has 1 aromatic rings. The number of rotatable bonds is 3. The summed E-state index contributed by atoms with van der Waals surface area (Å²) in [4.78, 5) is 13.9. The molecule has 0 unspecified atom stereocenters. The Balaban J connectivity index is 1.83. The number of morpholine rings is 1. The lowest BCUT2D eigenvalue weighted by Gasteiger charge is -2.34. The number of carbonyl (C=O) groups excluding carboxylic acids is 1. The molecule has 1 heterocycles. The van der Waals surface area contributed by atoms with Crippen LogP contribution in [0.25, 0.3) is 0 Å². The zero-order chi connectivity index (χ0) is 13.0. The molecule has 0 spiro atoms. The molecule has 0 amide bonds. The zero-order valence-electron chi connectivity index (χ0n) is 10.8. The summed E-state index contributed by atoms with van der Waals surface area (Å²) in [7, 11) is 0.